The molecule has 5 N–H and O–H groups in total. The van der Waals surface area contributed by atoms with Crippen LogP contribution in [0.4, 0.5) is 0 Å². The minimum absolute atomic E-state index is 0.0313. The van der Waals surface area contributed by atoms with Crippen molar-refractivity contribution in [3.05, 3.63) is 0 Å². The highest BCUT2D eigenvalue weighted by molar-refractivity contribution is 5.88. The van der Waals surface area contributed by atoms with Crippen molar-refractivity contribution in [1.29, 1.82) is 0 Å². The maximum absolute atomic E-state index is 14.4. The average Bonchev–Trinajstić information content (AvgIpc) is 3.18. The maximum atomic E-state index is 14.4. The van der Waals surface area contributed by atoms with Crippen LogP contribution in [0.25, 0.3) is 0 Å². The first-order valence-corrected chi connectivity index (χ1v) is 22.7. The molecule has 18 atom stereocenters. The molecule has 0 spiro atoms. The largest absolute Gasteiger partial charge is 0.459 e. The second-order valence-electron chi connectivity index (χ2n) is 19.2. The highest BCUT2D eigenvalue weighted by Crippen LogP contribution is 2.41. The Morgan fingerprint density at radius 3 is 2.08 bits per heavy atom. The van der Waals surface area contributed by atoms with Crippen molar-refractivity contribution < 1.29 is 63.6 Å². The fourth-order valence-corrected chi connectivity index (χ4v) is 9.66. The molecule has 352 valence electrons. The molecule has 0 aromatic carbocycles. The van der Waals surface area contributed by atoms with Gasteiger partial charge in [0.15, 0.2) is 12.6 Å². The van der Waals surface area contributed by atoms with Gasteiger partial charge in [0.05, 0.1) is 53.4 Å². The summed E-state index contributed by atoms with van der Waals surface area (Å²) in [6, 6.07) is -0.309. The standard InChI is InChI=1S/C45H84N2O13/c1-15-17-18-19-20-21-22-55-46-35-26(3)24-43(9,52)40(60-42-36(48)32(47(12)13)23-27(4)56-42)29(6)37(59-34-25-44(10,54-14)39(50)31(8)57-34)30(7)41(51)58-33(16-2)45(11,53)38(49)28(35)5/h26-34,36-40,42,48-50,52-53H,15-25H2,1-14H3/b46-35+/t26-,27-,28-,29+,30-,31+,32+,33+,34?,36-,37+,38-,39+,40-,42+,43?,44-,45-/m1/s1. The van der Waals surface area contributed by atoms with E-state index in [1.807, 2.05) is 32.8 Å². The zero-order valence-electron chi connectivity index (χ0n) is 39.3. The van der Waals surface area contributed by atoms with Gasteiger partial charge in [0.2, 0.25) is 0 Å². The van der Waals surface area contributed by atoms with Crippen molar-refractivity contribution in [3.8, 4) is 0 Å². The summed E-state index contributed by atoms with van der Waals surface area (Å²) in [5.74, 6) is -3.90. The number of oxime groups is 1. The number of esters is 1. The predicted octanol–water partition coefficient (Wildman–Crippen LogP) is 4.95. The first kappa shape index (κ1) is 52.8. The van der Waals surface area contributed by atoms with Crippen molar-refractivity contribution >= 4 is 11.7 Å². The van der Waals surface area contributed by atoms with Crippen molar-refractivity contribution in [2.45, 2.75) is 225 Å². The minimum Gasteiger partial charge on any atom is -0.459 e. The number of methoxy groups -OCH3 is 1. The number of cyclic esters (lactones) is 1. The molecule has 15 nitrogen and oxygen atoms in total. The van der Waals surface area contributed by atoms with Gasteiger partial charge < -0.3 is 63.7 Å². The van der Waals surface area contributed by atoms with Crippen LogP contribution in [0.1, 0.15) is 140 Å². The minimum atomic E-state index is -1.92. The van der Waals surface area contributed by atoms with Gasteiger partial charge in [-0.1, -0.05) is 65.5 Å². The Balaban J connectivity index is 2.18. The smallest absolute Gasteiger partial charge is 0.311 e. The van der Waals surface area contributed by atoms with Crippen LogP contribution in [0.3, 0.4) is 0 Å². The van der Waals surface area contributed by atoms with Crippen LogP contribution in [0.15, 0.2) is 5.16 Å². The van der Waals surface area contributed by atoms with Crippen LogP contribution in [-0.2, 0) is 38.1 Å². The van der Waals surface area contributed by atoms with E-state index < -0.39 is 102 Å². The van der Waals surface area contributed by atoms with E-state index in [4.69, 9.17) is 33.3 Å². The highest BCUT2D eigenvalue weighted by atomic mass is 16.7. The molecule has 3 saturated heterocycles. The molecule has 0 saturated carbocycles. The van der Waals surface area contributed by atoms with Gasteiger partial charge in [-0.25, -0.2) is 0 Å². The van der Waals surface area contributed by atoms with Crippen LogP contribution >= 0.6 is 0 Å². The van der Waals surface area contributed by atoms with Gasteiger partial charge in [0.1, 0.15) is 30.5 Å². The van der Waals surface area contributed by atoms with Crippen LogP contribution in [0.5, 0.6) is 0 Å². The highest BCUT2D eigenvalue weighted by Gasteiger charge is 2.53. The van der Waals surface area contributed by atoms with Crippen LogP contribution in [-0.4, -0.2) is 154 Å². The van der Waals surface area contributed by atoms with Gasteiger partial charge in [0.25, 0.3) is 0 Å². The Hall–Kier alpha value is -1.50. The Labute approximate surface area is 360 Å². The zero-order chi connectivity index (χ0) is 45.3. The van der Waals surface area contributed by atoms with Crippen LogP contribution < -0.4 is 0 Å². The topological polar surface area (TPSA) is 198 Å². The molecule has 3 aliphatic rings. The molecule has 0 aromatic rings. The second kappa shape index (κ2) is 22.9. The molecular formula is C45H84N2O13. The number of carbonyl (C=O) groups is 1. The van der Waals surface area contributed by atoms with Gasteiger partial charge in [-0.15, -0.1) is 0 Å². The number of ether oxygens (including phenoxy) is 6. The molecule has 60 heavy (non-hydrogen) atoms. The van der Waals surface area contributed by atoms with Crippen LogP contribution in [0.2, 0.25) is 0 Å². The fourth-order valence-electron chi connectivity index (χ4n) is 9.66. The number of rotatable bonds is 15. The number of unbranched alkanes of at least 4 members (excludes halogenated alkanes) is 5. The summed E-state index contributed by atoms with van der Waals surface area (Å²) >= 11 is 0. The van der Waals surface area contributed by atoms with Crippen molar-refractivity contribution in [2.75, 3.05) is 27.8 Å². The summed E-state index contributed by atoms with van der Waals surface area (Å²) in [6.45, 7) is 19.8. The monoisotopic (exact) mass is 861 g/mol. The van der Waals surface area contributed by atoms with E-state index in [9.17, 15) is 30.3 Å². The van der Waals surface area contributed by atoms with E-state index in [0.717, 1.165) is 32.1 Å². The van der Waals surface area contributed by atoms with E-state index >= 15 is 0 Å². The predicted molar refractivity (Wildman–Crippen MR) is 228 cm³/mol. The average molecular weight is 861 g/mol. The Kier molecular flexibility index (Phi) is 20.2. The third-order valence-corrected chi connectivity index (χ3v) is 13.6. The van der Waals surface area contributed by atoms with E-state index in [0.29, 0.717) is 18.7 Å². The quantitative estimate of drug-likeness (QED) is 0.0843. The lowest BCUT2D eigenvalue weighted by molar-refractivity contribution is -0.317. The second-order valence-corrected chi connectivity index (χ2v) is 19.2. The number of hydrogen-bond donors (Lipinski definition) is 5. The van der Waals surface area contributed by atoms with Crippen molar-refractivity contribution in [2.24, 2.45) is 28.8 Å². The Morgan fingerprint density at radius 1 is 0.850 bits per heavy atom. The van der Waals surface area contributed by atoms with Crippen molar-refractivity contribution in [3.63, 3.8) is 0 Å². The summed E-state index contributed by atoms with van der Waals surface area (Å²) in [5, 5.41) is 64.1. The van der Waals surface area contributed by atoms with Crippen LogP contribution in [0, 0.1) is 23.7 Å². The van der Waals surface area contributed by atoms with Gasteiger partial charge in [-0.2, -0.15) is 0 Å². The third-order valence-electron chi connectivity index (χ3n) is 13.6. The summed E-state index contributed by atoms with van der Waals surface area (Å²) in [6.07, 6.45) is -2.71. The summed E-state index contributed by atoms with van der Waals surface area (Å²) in [4.78, 5) is 22.2. The lowest BCUT2D eigenvalue weighted by Gasteiger charge is -2.49. The summed E-state index contributed by atoms with van der Waals surface area (Å²) in [7, 11) is 5.26. The molecule has 0 aromatic heterocycles. The van der Waals surface area contributed by atoms with Gasteiger partial charge in [-0.3, -0.25) is 4.79 Å². The van der Waals surface area contributed by atoms with E-state index in [2.05, 4.69) is 12.1 Å². The third kappa shape index (κ3) is 13.0. The Morgan fingerprint density at radius 2 is 1.48 bits per heavy atom. The maximum Gasteiger partial charge on any atom is 0.311 e. The number of aliphatic hydroxyl groups excluding tert-OH is 3. The molecule has 3 aliphatic heterocycles. The number of aliphatic hydroxyl groups is 5. The molecule has 0 bridgehead atoms. The molecule has 3 heterocycles. The molecule has 0 aliphatic carbocycles. The number of carbonyl (C=O) groups excluding carboxylic acids is 1. The lowest BCUT2D eigenvalue weighted by atomic mass is 9.73. The first-order chi connectivity index (χ1) is 28.0. The number of hydrogen-bond acceptors (Lipinski definition) is 15. The molecule has 2 unspecified atom stereocenters. The summed E-state index contributed by atoms with van der Waals surface area (Å²) in [5.41, 5.74) is -4.27. The molecular weight excluding hydrogens is 776 g/mol. The van der Waals surface area contributed by atoms with Crippen molar-refractivity contribution in [1.82, 2.24) is 4.90 Å². The molecule has 3 rings (SSSR count). The van der Waals surface area contributed by atoms with Gasteiger partial charge in [0, 0.05) is 37.3 Å². The number of nitrogens with zero attached hydrogens (tertiary/aromatic N) is 2. The zero-order valence-corrected chi connectivity index (χ0v) is 39.3. The first-order valence-electron chi connectivity index (χ1n) is 22.7. The Bertz CT molecular complexity index is 1330. The van der Waals surface area contributed by atoms with E-state index in [-0.39, 0.29) is 31.4 Å². The molecule has 3 fully saturated rings. The molecule has 0 radical (unpaired) electrons. The number of likely N-dealkylation sites (N-methyl/N-ethyl adjacent to an activating group) is 1. The van der Waals surface area contributed by atoms with E-state index in [1.54, 1.807) is 48.5 Å². The SMILES string of the molecule is CCCCCCCCO/N=C1\[C@H](C)CC(C)(O)[C@H](O[C@@H]2O[C@H](C)C[C@H](N(C)C)[C@H]2O)[C@@H](C)[C@H](OC2C[C@@](C)(OC)[C@@H](O)[C@H](C)O2)[C@@H](C)C(=O)O[C@@H](CC)[C@@](C)(O)[C@H](O)[C@@H]1C. The lowest BCUT2D eigenvalue weighted by Crippen LogP contribution is -2.61. The summed E-state index contributed by atoms with van der Waals surface area (Å²) < 4.78 is 37.9. The fraction of sp³-hybridized carbons (Fsp3) is 0.956. The normalized spacial score (nSPS) is 44.7. The van der Waals surface area contributed by atoms with Gasteiger partial charge in [-0.05, 0) is 87.7 Å². The van der Waals surface area contributed by atoms with E-state index in [1.165, 1.54) is 20.5 Å². The molecule has 15 heteroatoms. The molecule has 0 amide bonds. The van der Waals surface area contributed by atoms with Gasteiger partial charge >= 0.3 is 5.97 Å².